The lowest BCUT2D eigenvalue weighted by atomic mass is 10.1. The van der Waals surface area contributed by atoms with Gasteiger partial charge in [-0.3, -0.25) is 4.79 Å². The maximum atomic E-state index is 12.1. The largest absolute Gasteiger partial charge is 0.360 e. The first kappa shape index (κ1) is 17.6. The van der Waals surface area contributed by atoms with Crippen molar-refractivity contribution in [3.05, 3.63) is 47.2 Å². The van der Waals surface area contributed by atoms with Crippen molar-refractivity contribution in [2.75, 3.05) is 11.1 Å². The van der Waals surface area contributed by atoms with Gasteiger partial charge in [-0.2, -0.15) is 0 Å². The lowest BCUT2D eigenvalue weighted by Crippen LogP contribution is -2.14. The van der Waals surface area contributed by atoms with E-state index in [1.165, 1.54) is 11.8 Å². The SMILES string of the molecule is Cc1cc(NC(=O)CSc2nnc(-c3ccccc3)c3sc(C)nc23)no1. The van der Waals surface area contributed by atoms with Gasteiger partial charge in [-0.05, 0) is 13.8 Å². The highest BCUT2D eigenvalue weighted by Gasteiger charge is 2.17. The van der Waals surface area contributed by atoms with Crippen LogP contribution in [0, 0.1) is 13.8 Å². The van der Waals surface area contributed by atoms with Gasteiger partial charge in [0.2, 0.25) is 5.91 Å². The molecule has 1 N–H and O–H groups in total. The molecule has 1 aromatic carbocycles. The molecule has 7 nitrogen and oxygen atoms in total. The molecule has 0 saturated heterocycles. The molecule has 0 radical (unpaired) electrons. The second-order valence-corrected chi connectivity index (χ2v) is 7.96. The lowest BCUT2D eigenvalue weighted by molar-refractivity contribution is -0.113. The number of thioether (sulfide) groups is 1. The Balaban J connectivity index is 1.57. The topological polar surface area (TPSA) is 93.8 Å². The number of hydrogen-bond donors (Lipinski definition) is 1. The van der Waals surface area contributed by atoms with Crippen molar-refractivity contribution in [1.29, 1.82) is 0 Å². The number of fused-ring (bicyclic) bond motifs is 1. The predicted octanol–water partition coefficient (Wildman–Crippen LogP) is 4.09. The van der Waals surface area contributed by atoms with Crippen LogP contribution in [0.3, 0.4) is 0 Å². The summed E-state index contributed by atoms with van der Waals surface area (Å²) in [6.07, 6.45) is 0. The van der Waals surface area contributed by atoms with E-state index in [0.717, 1.165) is 26.5 Å². The molecule has 0 aliphatic rings. The number of aryl methyl sites for hydroxylation is 2. The van der Waals surface area contributed by atoms with Gasteiger partial charge in [0.05, 0.1) is 15.5 Å². The molecule has 0 aliphatic heterocycles. The van der Waals surface area contributed by atoms with Gasteiger partial charge in [0.25, 0.3) is 0 Å². The van der Waals surface area contributed by atoms with Crippen molar-refractivity contribution < 1.29 is 9.32 Å². The summed E-state index contributed by atoms with van der Waals surface area (Å²) >= 11 is 2.88. The average Bonchev–Trinajstić information content (AvgIpc) is 3.25. The van der Waals surface area contributed by atoms with Crippen molar-refractivity contribution in [2.45, 2.75) is 18.9 Å². The molecule has 136 valence electrons. The second kappa shape index (κ2) is 7.45. The van der Waals surface area contributed by atoms with E-state index in [1.54, 1.807) is 24.3 Å². The Morgan fingerprint density at radius 1 is 1.22 bits per heavy atom. The molecule has 4 aromatic rings. The molecular formula is C18H15N5O2S2. The number of amides is 1. The van der Waals surface area contributed by atoms with E-state index in [9.17, 15) is 4.79 Å². The van der Waals surface area contributed by atoms with Crippen LogP contribution in [0.4, 0.5) is 5.82 Å². The van der Waals surface area contributed by atoms with Crippen LogP contribution in [0.25, 0.3) is 21.5 Å². The summed E-state index contributed by atoms with van der Waals surface area (Å²) in [5.41, 5.74) is 2.58. The highest BCUT2D eigenvalue weighted by atomic mass is 32.2. The number of carbonyl (C=O) groups is 1. The minimum atomic E-state index is -0.192. The summed E-state index contributed by atoms with van der Waals surface area (Å²) < 4.78 is 5.92. The summed E-state index contributed by atoms with van der Waals surface area (Å²) in [4.78, 5) is 16.7. The normalized spacial score (nSPS) is 11.0. The molecular weight excluding hydrogens is 382 g/mol. The van der Waals surface area contributed by atoms with E-state index in [2.05, 4.69) is 25.7 Å². The summed E-state index contributed by atoms with van der Waals surface area (Å²) in [5, 5.41) is 16.7. The third-order valence-electron chi connectivity index (χ3n) is 3.68. The molecule has 27 heavy (non-hydrogen) atoms. The van der Waals surface area contributed by atoms with Gasteiger partial charge in [-0.1, -0.05) is 47.3 Å². The summed E-state index contributed by atoms with van der Waals surface area (Å²) in [5.74, 6) is 1.03. The van der Waals surface area contributed by atoms with Gasteiger partial charge < -0.3 is 9.84 Å². The average molecular weight is 397 g/mol. The third kappa shape index (κ3) is 3.83. The zero-order valence-electron chi connectivity index (χ0n) is 14.6. The van der Waals surface area contributed by atoms with Crippen molar-refractivity contribution in [2.24, 2.45) is 0 Å². The Bertz CT molecular complexity index is 1110. The quantitative estimate of drug-likeness (QED) is 0.507. The molecule has 0 bridgehead atoms. The minimum Gasteiger partial charge on any atom is -0.360 e. The van der Waals surface area contributed by atoms with Crippen LogP contribution in [-0.2, 0) is 4.79 Å². The van der Waals surface area contributed by atoms with E-state index in [0.29, 0.717) is 16.6 Å². The van der Waals surface area contributed by atoms with Gasteiger partial charge in [0.15, 0.2) is 5.82 Å². The van der Waals surface area contributed by atoms with Gasteiger partial charge >= 0.3 is 0 Å². The molecule has 4 rings (SSSR count). The molecule has 0 fully saturated rings. The monoisotopic (exact) mass is 397 g/mol. The van der Waals surface area contributed by atoms with Crippen LogP contribution >= 0.6 is 23.1 Å². The predicted molar refractivity (Wildman–Crippen MR) is 106 cm³/mol. The zero-order chi connectivity index (χ0) is 18.8. The molecule has 9 heteroatoms. The number of nitrogens with zero attached hydrogens (tertiary/aromatic N) is 4. The van der Waals surface area contributed by atoms with E-state index in [4.69, 9.17) is 4.52 Å². The van der Waals surface area contributed by atoms with Crippen LogP contribution in [0.1, 0.15) is 10.8 Å². The van der Waals surface area contributed by atoms with Gasteiger partial charge in [0, 0.05) is 11.6 Å². The molecule has 0 saturated carbocycles. The van der Waals surface area contributed by atoms with Crippen LogP contribution in [0.2, 0.25) is 0 Å². The second-order valence-electron chi connectivity index (χ2n) is 5.79. The van der Waals surface area contributed by atoms with Crippen LogP contribution in [0.5, 0.6) is 0 Å². The number of nitrogens with one attached hydrogen (secondary N) is 1. The van der Waals surface area contributed by atoms with Gasteiger partial charge in [-0.15, -0.1) is 21.5 Å². The minimum absolute atomic E-state index is 0.178. The number of benzene rings is 1. The Hall–Kier alpha value is -2.78. The van der Waals surface area contributed by atoms with Crippen LogP contribution in [-0.4, -0.2) is 32.0 Å². The Morgan fingerprint density at radius 3 is 2.78 bits per heavy atom. The van der Waals surface area contributed by atoms with Crippen molar-refractivity contribution in [3.63, 3.8) is 0 Å². The number of aromatic nitrogens is 4. The smallest absolute Gasteiger partial charge is 0.236 e. The first-order valence-corrected chi connectivity index (χ1v) is 9.95. The first-order valence-electron chi connectivity index (χ1n) is 8.15. The number of rotatable bonds is 5. The molecule has 1 amide bonds. The number of thiazole rings is 1. The summed E-state index contributed by atoms with van der Waals surface area (Å²) in [6.45, 7) is 3.72. The summed E-state index contributed by atoms with van der Waals surface area (Å²) in [6, 6.07) is 11.6. The van der Waals surface area contributed by atoms with E-state index in [-0.39, 0.29) is 11.7 Å². The lowest BCUT2D eigenvalue weighted by Gasteiger charge is -2.05. The molecule has 3 aromatic heterocycles. The standard InChI is InChI=1S/C18H15N5O2S2/c1-10-8-13(23-25-10)20-14(24)9-26-18-16-17(27-11(2)19-16)15(21-22-18)12-6-4-3-5-7-12/h3-8H,9H2,1-2H3,(H,20,23,24). The molecule has 0 atom stereocenters. The highest BCUT2D eigenvalue weighted by molar-refractivity contribution is 8.00. The Morgan fingerprint density at radius 2 is 2.04 bits per heavy atom. The summed E-state index contributed by atoms with van der Waals surface area (Å²) in [7, 11) is 0. The number of hydrogen-bond acceptors (Lipinski definition) is 8. The molecule has 0 unspecified atom stereocenters. The van der Waals surface area contributed by atoms with E-state index in [1.807, 2.05) is 37.3 Å². The van der Waals surface area contributed by atoms with Crippen LogP contribution < -0.4 is 5.32 Å². The van der Waals surface area contributed by atoms with Crippen molar-refractivity contribution >= 4 is 45.0 Å². The number of carbonyl (C=O) groups excluding carboxylic acids is 1. The Labute approximate surface area is 163 Å². The molecule has 3 heterocycles. The molecule has 0 aliphatic carbocycles. The fourth-order valence-corrected chi connectivity index (χ4v) is 4.26. The maximum absolute atomic E-state index is 12.1. The van der Waals surface area contributed by atoms with E-state index >= 15 is 0 Å². The fourth-order valence-electron chi connectivity index (χ4n) is 2.54. The molecule has 0 spiro atoms. The Kier molecular flexibility index (Phi) is 4.87. The van der Waals surface area contributed by atoms with E-state index < -0.39 is 0 Å². The first-order chi connectivity index (χ1) is 13.1. The fraction of sp³-hybridized carbons (Fsp3) is 0.167. The van der Waals surface area contributed by atoms with Crippen LogP contribution in [0.15, 0.2) is 45.9 Å². The third-order valence-corrected chi connectivity index (χ3v) is 5.61. The van der Waals surface area contributed by atoms with Crippen molar-refractivity contribution in [1.82, 2.24) is 20.3 Å². The number of anilines is 1. The zero-order valence-corrected chi connectivity index (χ0v) is 16.2. The van der Waals surface area contributed by atoms with Gasteiger partial charge in [0.1, 0.15) is 22.0 Å². The highest BCUT2D eigenvalue weighted by Crippen LogP contribution is 2.35. The van der Waals surface area contributed by atoms with Gasteiger partial charge in [-0.25, -0.2) is 4.98 Å². The maximum Gasteiger partial charge on any atom is 0.236 e. The van der Waals surface area contributed by atoms with Crippen molar-refractivity contribution in [3.8, 4) is 11.3 Å².